The van der Waals surface area contributed by atoms with Gasteiger partial charge in [0.2, 0.25) is 21.9 Å². The number of nitrogen functional groups attached to an aromatic ring is 1. The van der Waals surface area contributed by atoms with Crippen molar-refractivity contribution in [2.24, 2.45) is 11.8 Å². The van der Waals surface area contributed by atoms with Gasteiger partial charge in [0.15, 0.2) is 0 Å². The van der Waals surface area contributed by atoms with Crippen molar-refractivity contribution in [3.63, 3.8) is 0 Å². The summed E-state index contributed by atoms with van der Waals surface area (Å²) in [5.74, 6) is -2.64. The number of halogens is 4. The molecule has 7 rings (SSSR count). The number of nitrogens with zero attached hydrogens (tertiary/aromatic N) is 4. The average Bonchev–Trinajstić information content (AvgIpc) is 3.75. The molecule has 3 aliphatic rings. The Bertz CT molecular complexity index is 2000. The molecule has 0 unspecified atom stereocenters. The van der Waals surface area contributed by atoms with Gasteiger partial charge in [-0.3, -0.25) is 4.72 Å². The fraction of sp³-hybridized carbons (Fsp3) is 0.641. The standard InChI is InChI=1S/C21H29F2N3O2S.C18H25F2N3/c1-20(2,3)19-24-17-12-15(25-29(27,28)16-5-6-16)4-7-18(17)26(19)13-14-8-10-21(22,23)11-9-14;1-17(2,3)16-22-14-10-13(21)4-5-15(14)23(16)11-12-6-8-18(19,20)9-7-12/h4,7,12,14,16,25H,5-6,8-11,13H2,1-3H3;4-5,10,12H,6-9,11,21H2,1-3H3. The molecule has 4 aromatic rings. The molecule has 0 aliphatic heterocycles. The summed E-state index contributed by atoms with van der Waals surface area (Å²) in [5.41, 5.74) is 10.3. The highest BCUT2D eigenvalue weighted by Crippen LogP contribution is 2.40. The minimum absolute atomic E-state index is 0.00208. The van der Waals surface area contributed by atoms with E-state index in [-0.39, 0.29) is 53.6 Å². The highest BCUT2D eigenvalue weighted by Gasteiger charge is 2.38. The summed E-state index contributed by atoms with van der Waals surface area (Å²) in [6, 6.07) is 11.2. The van der Waals surface area contributed by atoms with Crippen molar-refractivity contribution in [1.29, 1.82) is 0 Å². The Labute approximate surface area is 305 Å². The van der Waals surface area contributed by atoms with Crippen molar-refractivity contribution >= 4 is 43.5 Å². The molecular weight excluding hydrogens is 693 g/mol. The SMILES string of the molecule is CC(C)(C)c1nc2cc(N)ccc2n1CC1CCC(F)(F)CC1.CC(C)(C)c1nc2cc(NS(=O)(=O)C3CC3)ccc2n1CC1CCC(F)(F)CC1. The smallest absolute Gasteiger partial charge is 0.248 e. The van der Waals surface area contributed by atoms with Crippen LogP contribution in [0.1, 0.15) is 117 Å². The van der Waals surface area contributed by atoms with Crippen LogP contribution in [0, 0.1) is 11.8 Å². The van der Waals surface area contributed by atoms with E-state index in [1.165, 1.54) is 0 Å². The summed E-state index contributed by atoms with van der Waals surface area (Å²) < 4.78 is 85.4. The summed E-state index contributed by atoms with van der Waals surface area (Å²) >= 11 is 0. The number of sulfonamides is 1. The van der Waals surface area contributed by atoms with Crippen molar-refractivity contribution in [2.45, 2.75) is 147 Å². The maximum absolute atomic E-state index is 13.5. The van der Waals surface area contributed by atoms with E-state index < -0.39 is 21.9 Å². The van der Waals surface area contributed by atoms with Crippen LogP contribution in [0.2, 0.25) is 0 Å². The molecule has 0 saturated heterocycles. The van der Waals surface area contributed by atoms with Gasteiger partial charge < -0.3 is 14.9 Å². The average molecular weight is 747 g/mol. The third kappa shape index (κ3) is 8.88. The number of nitrogens with one attached hydrogen (secondary N) is 1. The van der Waals surface area contributed by atoms with Gasteiger partial charge in [0.25, 0.3) is 0 Å². The number of aromatic nitrogens is 4. The van der Waals surface area contributed by atoms with Gasteiger partial charge in [-0.25, -0.2) is 35.9 Å². The molecule has 286 valence electrons. The Morgan fingerprint density at radius 1 is 0.712 bits per heavy atom. The lowest BCUT2D eigenvalue weighted by atomic mass is 9.86. The Hall–Kier alpha value is -3.35. The normalized spacial score (nSPS) is 20.2. The van der Waals surface area contributed by atoms with E-state index in [9.17, 15) is 26.0 Å². The van der Waals surface area contributed by atoms with E-state index >= 15 is 0 Å². The van der Waals surface area contributed by atoms with Crippen molar-refractivity contribution in [3.05, 3.63) is 48.0 Å². The molecule has 3 saturated carbocycles. The van der Waals surface area contributed by atoms with E-state index in [0.29, 0.717) is 56.4 Å². The number of fused-ring (bicyclic) bond motifs is 2. The van der Waals surface area contributed by atoms with E-state index in [1.807, 2.05) is 24.3 Å². The molecular formula is C39H54F4N6O2S. The zero-order valence-electron chi connectivity index (χ0n) is 31.3. The molecule has 8 nitrogen and oxygen atoms in total. The second-order valence-corrected chi connectivity index (χ2v) is 19.4. The van der Waals surface area contributed by atoms with Crippen LogP contribution in [0.25, 0.3) is 22.1 Å². The van der Waals surface area contributed by atoms with Crippen molar-refractivity contribution < 1.29 is 26.0 Å². The van der Waals surface area contributed by atoms with Crippen LogP contribution in [0.15, 0.2) is 36.4 Å². The van der Waals surface area contributed by atoms with E-state index in [0.717, 1.165) is 40.3 Å². The Kier molecular flexibility index (Phi) is 10.2. The first kappa shape index (κ1) is 38.4. The molecule has 52 heavy (non-hydrogen) atoms. The monoisotopic (exact) mass is 746 g/mol. The Morgan fingerprint density at radius 2 is 1.13 bits per heavy atom. The molecule has 0 spiro atoms. The minimum atomic E-state index is -3.33. The summed E-state index contributed by atoms with van der Waals surface area (Å²) in [4.78, 5) is 9.58. The summed E-state index contributed by atoms with van der Waals surface area (Å²) in [6.45, 7) is 14.0. The zero-order chi connectivity index (χ0) is 37.9. The first-order valence-electron chi connectivity index (χ1n) is 18.6. The third-order valence-electron chi connectivity index (χ3n) is 10.6. The molecule has 0 bridgehead atoms. The predicted molar refractivity (Wildman–Crippen MR) is 201 cm³/mol. The van der Waals surface area contributed by atoms with Gasteiger partial charge in [0.05, 0.1) is 33.0 Å². The number of imidazole rings is 2. The molecule has 0 radical (unpaired) electrons. The van der Waals surface area contributed by atoms with E-state index in [2.05, 4.69) is 55.4 Å². The van der Waals surface area contributed by atoms with Gasteiger partial charge in [-0.15, -0.1) is 0 Å². The number of benzene rings is 2. The molecule has 2 aromatic carbocycles. The lowest BCUT2D eigenvalue weighted by Crippen LogP contribution is -2.28. The lowest BCUT2D eigenvalue weighted by molar-refractivity contribution is -0.0478. The van der Waals surface area contributed by atoms with Gasteiger partial charge >= 0.3 is 0 Å². The summed E-state index contributed by atoms with van der Waals surface area (Å²) in [6.07, 6.45) is 3.48. The van der Waals surface area contributed by atoms with E-state index in [4.69, 9.17) is 15.7 Å². The van der Waals surface area contributed by atoms with Crippen LogP contribution in [-0.4, -0.2) is 44.6 Å². The molecule has 3 aliphatic carbocycles. The van der Waals surface area contributed by atoms with Crippen molar-refractivity contribution in [2.75, 3.05) is 10.5 Å². The van der Waals surface area contributed by atoms with Gasteiger partial charge in [-0.1, -0.05) is 41.5 Å². The van der Waals surface area contributed by atoms with Gasteiger partial charge in [0, 0.05) is 55.3 Å². The predicted octanol–water partition coefficient (Wildman–Crippen LogP) is 9.80. The van der Waals surface area contributed by atoms with Gasteiger partial charge in [-0.2, -0.15) is 0 Å². The summed E-state index contributed by atoms with van der Waals surface area (Å²) in [7, 11) is -3.33. The van der Waals surface area contributed by atoms with Crippen LogP contribution < -0.4 is 10.5 Å². The largest absolute Gasteiger partial charge is 0.399 e. The van der Waals surface area contributed by atoms with Crippen LogP contribution in [0.4, 0.5) is 28.9 Å². The topological polar surface area (TPSA) is 108 Å². The lowest BCUT2D eigenvalue weighted by Gasteiger charge is -2.30. The molecule has 0 amide bonds. The van der Waals surface area contributed by atoms with Crippen LogP contribution in [0.3, 0.4) is 0 Å². The summed E-state index contributed by atoms with van der Waals surface area (Å²) in [5, 5.41) is -0.287. The number of nitrogens with two attached hydrogens (primary N) is 1. The number of alkyl halides is 4. The first-order chi connectivity index (χ1) is 24.1. The number of hydrogen-bond acceptors (Lipinski definition) is 5. The fourth-order valence-electron chi connectivity index (χ4n) is 7.56. The number of rotatable bonds is 7. The third-order valence-corrected chi connectivity index (χ3v) is 12.5. The Morgan fingerprint density at radius 3 is 1.56 bits per heavy atom. The molecule has 3 N–H and O–H groups in total. The fourth-order valence-corrected chi connectivity index (χ4v) is 8.94. The molecule has 2 heterocycles. The number of anilines is 2. The highest BCUT2D eigenvalue weighted by atomic mass is 32.2. The quantitative estimate of drug-likeness (QED) is 0.145. The van der Waals surface area contributed by atoms with Crippen LogP contribution in [0.5, 0.6) is 0 Å². The first-order valence-corrected chi connectivity index (χ1v) is 20.2. The van der Waals surface area contributed by atoms with Crippen LogP contribution >= 0.6 is 0 Å². The van der Waals surface area contributed by atoms with Crippen molar-refractivity contribution in [3.8, 4) is 0 Å². The Balaban J connectivity index is 0.000000183. The zero-order valence-corrected chi connectivity index (χ0v) is 32.1. The minimum Gasteiger partial charge on any atom is -0.399 e. The second kappa shape index (κ2) is 13.8. The molecule has 0 atom stereocenters. The maximum Gasteiger partial charge on any atom is 0.248 e. The molecule has 2 aromatic heterocycles. The molecule has 13 heteroatoms. The van der Waals surface area contributed by atoms with Gasteiger partial charge in [-0.05, 0) is 86.8 Å². The van der Waals surface area contributed by atoms with E-state index in [1.54, 1.807) is 12.1 Å². The maximum atomic E-state index is 13.5. The van der Waals surface area contributed by atoms with Crippen molar-refractivity contribution in [1.82, 2.24) is 19.1 Å². The molecule has 3 fully saturated rings. The van der Waals surface area contributed by atoms with Gasteiger partial charge in [0.1, 0.15) is 11.6 Å². The highest BCUT2D eigenvalue weighted by molar-refractivity contribution is 7.93. The van der Waals surface area contributed by atoms with Crippen LogP contribution in [-0.2, 0) is 33.9 Å². The second-order valence-electron chi connectivity index (χ2n) is 17.5. The number of hydrogen-bond donors (Lipinski definition) is 2.